The third kappa shape index (κ3) is 3.02. The van der Waals surface area contributed by atoms with Gasteiger partial charge in [0, 0.05) is 25.3 Å². The standard InChI is InChI=1S/C12H19ClN4O/c1-9(14-11(18)6-2-3-7-13)12-16-15-10-5-4-8-17(10)12/h9H,2-8H2,1H3,(H,14,18). The summed E-state index contributed by atoms with van der Waals surface area (Å²) in [6.07, 6.45) is 4.35. The number of nitrogens with zero attached hydrogens (tertiary/aromatic N) is 3. The van der Waals surface area contributed by atoms with E-state index in [9.17, 15) is 4.79 Å². The van der Waals surface area contributed by atoms with Crippen molar-refractivity contribution in [1.29, 1.82) is 0 Å². The zero-order valence-electron chi connectivity index (χ0n) is 10.7. The van der Waals surface area contributed by atoms with Crippen LogP contribution in [-0.4, -0.2) is 26.6 Å². The average Bonchev–Trinajstić information content (AvgIpc) is 2.90. The minimum atomic E-state index is -0.0761. The Morgan fingerprint density at radius 3 is 3.11 bits per heavy atom. The summed E-state index contributed by atoms with van der Waals surface area (Å²) in [5.41, 5.74) is 0. The van der Waals surface area contributed by atoms with Gasteiger partial charge in [-0.3, -0.25) is 4.79 Å². The second kappa shape index (κ2) is 6.18. The highest BCUT2D eigenvalue weighted by atomic mass is 35.5. The first-order valence-corrected chi connectivity index (χ1v) is 7.03. The number of hydrogen-bond acceptors (Lipinski definition) is 3. The Labute approximate surface area is 112 Å². The van der Waals surface area contributed by atoms with Crippen molar-refractivity contribution in [3.8, 4) is 0 Å². The van der Waals surface area contributed by atoms with Crippen LogP contribution < -0.4 is 5.32 Å². The SMILES string of the molecule is CC(NC(=O)CCCCCl)c1nnc2n1CCC2. The Kier molecular flexibility index (Phi) is 4.58. The lowest BCUT2D eigenvalue weighted by molar-refractivity contribution is -0.121. The molecule has 0 spiro atoms. The van der Waals surface area contributed by atoms with Gasteiger partial charge in [0.2, 0.25) is 5.91 Å². The molecule has 1 aromatic rings. The molecule has 5 nitrogen and oxygen atoms in total. The topological polar surface area (TPSA) is 59.8 Å². The Morgan fingerprint density at radius 1 is 1.50 bits per heavy atom. The van der Waals surface area contributed by atoms with Gasteiger partial charge in [0.05, 0.1) is 6.04 Å². The van der Waals surface area contributed by atoms with E-state index in [0.717, 1.165) is 43.9 Å². The van der Waals surface area contributed by atoms with Gasteiger partial charge in [-0.25, -0.2) is 0 Å². The van der Waals surface area contributed by atoms with Crippen molar-refractivity contribution in [3.05, 3.63) is 11.6 Å². The molecular weight excluding hydrogens is 252 g/mol. The van der Waals surface area contributed by atoms with E-state index in [1.807, 2.05) is 6.92 Å². The largest absolute Gasteiger partial charge is 0.346 e. The fraction of sp³-hybridized carbons (Fsp3) is 0.750. The molecule has 0 aliphatic carbocycles. The molecule has 2 rings (SSSR count). The molecule has 1 amide bonds. The number of carbonyl (C=O) groups is 1. The Balaban J connectivity index is 1.87. The van der Waals surface area contributed by atoms with E-state index in [-0.39, 0.29) is 11.9 Å². The summed E-state index contributed by atoms with van der Waals surface area (Å²) >= 11 is 5.58. The van der Waals surface area contributed by atoms with Crippen LogP contribution in [0.25, 0.3) is 0 Å². The van der Waals surface area contributed by atoms with Crippen molar-refractivity contribution in [2.45, 2.75) is 51.6 Å². The number of nitrogens with one attached hydrogen (secondary N) is 1. The maximum absolute atomic E-state index is 11.7. The third-order valence-electron chi connectivity index (χ3n) is 3.19. The summed E-state index contributed by atoms with van der Waals surface area (Å²) in [5.74, 6) is 2.57. The number of hydrogen-bond donors (Lipinski definition) is 1. The van der Waals surface area contributed by atoms with Crippen LogP contribution in [0, 0.1) is 0 Å². The highest BCUT2D eigenvalue weighted by Gasteiger charge is 2.21. The number of aromatic nitrogens is 3. The molecular formula is C12H19ClN4O. The minimum Gasteiger partial charge on any atom is -0.346 e. The van der Waals surface area contributed by atoms with E-state index >= 15 is 0 Å². The van der Waals surface area contributed by atoms with Crippen LogP contribution in [0.2, 0.25) is 0 Å². The van der Waals surface area contributed by atoms with Gasteiger partial charge in [-0.1, -0.05) is 0 Å². The van der Waals surface area contributed by atoms with E-state index in [1.165, 1.54) is 0 Å². The quantitative estimate of drug-likeness (QED) is 0.634. The van der Waals surface area contributed by atoms with Crippen molar-refractivity contribution in [2.24, 2.45) is 0 Å². The van der Waals surface area contributed by atoms with E-state index in [2.05, 4.69) is 20.1 Å². The summed E-state index contributed by atoms with van der Waals surface area (Å²) < 4.78 is 2.11. The molecule has 0 bridgehead atoms. The molecule has 1 aliphatic heterocycles. The van der Waals surface area contributed by atoms with Gasteiger partial charge in [-0.2, -0.15) is 0 Å². The number of amides is 1. The molecule has 0 aromatic carbocycles. The van der Waals surface area contributed by atoms with Gasteiger partial charge >= 0.3 is 0 Å². The number of alkyl halides is 1. The zero-order valence-corrected chi connectivity index (χ0v) is 11.4. The lowest BCUT2D eigenvalue weighted by atomic mass is 10.2. The maximum atomic E-state index is 11.7. The number of fused-ring (bicyclic) bond motifs is 1. The number of rotatable bonds is 6. The number of unbranched alkanes of at least 4 members (excludes halogenated alkanes) is 1. The summed E-state index contributed by atoms with van der Waals surface area (Å²) in [5, 5.41) is 11.3. The van der Waals surface area contributed by atoms with Crippen molar-refractivity contribution >= 4 is 17.5 Å². The van der Waals surface area contributed by atoms with Gasteiger partial charge < -0.3 is 9.88 Å². The van der Waals surface area contributed by atoms with E-state index in [1.54, 1.807) is 0 Å². The summed E-state index contributed by atoms with van der Waals surface area (Å²) in [4.78, 5) is 11.7. The smallest absolute Gasteiger partial charge is 0.220 e. The molecule has 1 aliphatic rings. The van der Waals surface area contributed by atoms with Gasteiger partial charge in [0.1, 0.15) is 5.82 Å². The monoisotopic (exact) mass is 270 g/mol. The lowest BCUT2D eigenvalue weighted by Crippen LogP contribution is -2.28. The normalized spacial score (nSPS) is 15.4. The Hall–Kier alpha value is -1.10. The second-order valence-corrected chi connectivity index (χ2v) is 5.04. The number of aryl methyl sites for hydroxylation is 1. The van der Waals surface area contributed by atoms with Crippen molar-refractivity contribution in [1.82, 2.24) is 20.1 Å². The molecule has 0 saturated heterocycles. The van der Waals surface area contributed by atoms with Crippen LogP contribution >= 0.6 is 11.6 Å². The molecule has 2 heterocycles. The van der Waals surface area contributed by atoms with Gasteiger partial charge in [0.25, 0.3) is 0 Å². The summed E-state index contributed by atoms with van der Waals surface area (Å²) in [7, 11) is 0. The first kappa shape index (κ1) is 13.3. The maximum Gasteiger partial charge on any atom is 0.220 e. The molecule has 0 radical (unpaired) electrons. The summed E-state index contributed by atoms with van der Waals surface area (Å²) in [6, 6.07) is -0.0761. The number of halogens is 1. The summed E-state index contributed by atoms with van der Waals surface area (Å²) in [6.45, 7) is 2.92. The predicted octanol–water partition coefficient (Wildman–Crippen LogP) is 1.81. The van der Waals surface area contributed by atoms with Gasteiger partial charge in [0.15, 0.2) is 5.82 Å². The van der Waals surface area contributed by atoms with Crippen LogP contribution in [0.15, 0.2) is 0 Å². The fourth-order valence-electron chi connectivity index (χ4n) is 2.25. The van der Waals surface area contributed by atoms with E-state index < -0.39 is 0 Å². The highest BCUT2D eigenvalue weighted by molar-refractivity contribution is 6.17. The Morgan fingerprint density at radius 2 is 2.33 bits per heavy atom. The molecule has 18 heavy (non-hydrogen) atoms. The van der Waals surface area contributed by atoms with Crippen LogP contribution in [0.3, 0.4) is 0 Å². The van der Waals surface area contributed by atoms with Crippen molar-refractivity contribution < 1.29 is 4.79 Å². The van der Waals surface area contributed by atoms with Crippen LogP contribution in [0.4, 0.5) is 0 Å². The van der Waals surface area contributed by atoms with Crippen molar-refractivity contribution in [2.75, 3.05) is 5.88 Å². The van der Waals surface area contributed by atoms with Gasteiger partial charge in [-0.05, 0) is 26.2 Å². The van der Waals surface area contributed by atoms with Crippen LogP contribution in [0.5, 0.6) is 0 Å². The van der Waals surface area contributed by atoms with Crippen LogP contribution in [0.1, 0.15) is 50.3 Å². The minimum absolute atomic E-state index is 0.0583. The van der Waals surface area contributed by atoms with Gasteiger partial charge in [-0.15, -0.1) is 21.8 Å². The highest BCUT2D eigenvalue weighted by Crippen LogP contribution is 2.18. The average molecular weight is 271 g/mol. The first-order valence-electron chi connectivity index (χ1n) is 6.49. The molecule has 1 unspecified atom stereocenters. The number of carbonyl (C=O) groups excluding carboxylic acids is 1. The Bertz CT molecular complexity index is 418. The lowest BCUT2D eigenvalue weighted by Gasteiger charge is -2.13. The third-order valence-corrected chi connectivity index (χ3v) is 3.46. The predicted molar refractivity (Wildman–Crippen MR) is 69.5 cm³/mol. The fourth-order valence-corrected chi connectivity index (χ4v) is 2.44. The zero-order chi connectivity index (χ0) is 13.0. The molecule has 0 fully saturated rings. The molecule has 1 aromatic heterocycles. The second-order valence-electron chi connectivity index (χ2n) is 4.66. The first-order chi connectivity index (χ1) is 8.72. The molecule has 100 valence electrons. The molecule has 6 heteroatoms. The van der Waals surface area contributed by atoms with Crippen LogP contribution in [-0.2, 0) is 17.8 Å². The molecule has 0 saturated carbocycles. The van der Waals surface area contributed by atoms with Crippen molar-refractivity contribution in [3.63, 3.8) is 0 Å². The molecule has 1 atom stereocenters. The van der Waals surface area contributed by atoms with E-state index in [0.29, 0.717) is 12.3 Å². The van der Waals surface area contributed by atoms with E-state index in [4.69, 9.17) is 11.6 Å². The molecule has 1 N–H and O–H groups in total.